The Morgan fingerprint density at radius 2 is 2.18 bits per heavy atom. The average molecular weight is 468 g/mol. The van der Waals surface area contributed by atoms with Crippen LogP contribution in [0.5, 0.6) is 5.88 Å². The summed E-state index contributed by atoms with van der Waals surface area (Å²) in [7, 11) is 0. The van der Waals surface area contributed by atoms with E-state index in [1.807, 2.05) is 18.7 Å². The minimum Gasteiger partial charge on any atom is -0.477 e. The first-order chi connectivity index (χ1) is 15.8. The fourth-order valence-electron chi connectivity index (χ4n) is 4.41. The molecule has 1 amide bonds. The van der Waals surface area contributed by atoms with Crippen molar-refractivity contribution in [3.05, 3.63) is 40.7 Å². The van der Waals surface area contributed by atoms with Crippen molar-refractivity contribution in [2.24, 2.45) is 11.3 Å². The molecule has 2 aromatic rings. The van der Waals surface area contributed by atoms with Crippen molar-refractivity contribution in [3.63, 3.8) is 0 Å². The topological polar surface area (TPSA) is 100 Å². The van der Waals surface area contributed by atoms with Gasteiger partial charge in [0.1, 0.15) is 17.7 Å². The number of hydrogen-bond acceptors (Lipinski definition) is 7. The number of aromatic nitrogens is 2. The molecule has 2 unspecified atom stereocenters. The highest BCUT2D eigenvalue weighted by Gasteiger charge is 2.58. The lowest BCUT2D eigenvalue weighted by atomic mass is 9.96. The van der Waals surface area contributed by atoms with Gasteiger partial charge in [0, 0.05) is 18.5 Å². The van der Waals surface area contributed by atoms with Gasteiger partial charge in [-0.15, -0.1) is 0 Å². The Bertz CT molecular complexity index is 1150. The largest absolute Gasteiger partial charge is 0.477 e. The highest BCUT2D eigenvalue weighted by Crippen LogP contribution is 2.58. The molecule has 3 aliphatic rings. The number of piperidine rings is 1. The maximum absolute atomic E-state index is 12.4. The van der Waals surface area contributed by atoms with Crippen molar-refractivity contribution in [2.45, 2.75) is 45.1 Å². The van der Waals surface area contributed by atoms with Gasteiger partial charge in [-0.25, -0.2) is 14.8 Å². The van der Waals surface area contributed by atoms with Crippen molar-refractivity contribution in [1.82, 2.24) is 14.9 Å². The number of nitrogens with zero attached hydrogens (tertiary/aromatic N) is 4. The molecule has 172 valence electrons. The van der Waals surface area contributed by atoms with Crippen LogP contribution in [0.15, 0.2) is 24.5 Å². The van der Waals surface area contributed by atoms with Crippen LogP contribution in [0.1, 0.15) is 43.7 Å². The molecule has 1 N–H and O–H groups in total. The van der Waals surface area contributed by atoms with Gasteiger partial charge in [0.25, 0.3) is 0 Å². The van der Waals surface area contributed by atoms with Gasteiger partial charge in [-0.1, -0.05) is 11.6 Å². The molecule has 2 saturated carbocycles. The number of nitriles is 1. The number of halogens is 1. The molecule has 2 heterocycles. The second kappa shape index (κ2) is 8.07. The molecule has 2 aliphatic carbocycles. The lowest BCUT2D eigenvalue weighted by Gasteiger charge is -2.31. The van der Waals surface area contributed by atoms with Crippen LogP contribution in [0.4, 0.5) is 16.3 Å². The fourth-order valence-corrected chi connectivity index (χ4v) is 4.64. The molecule has 0 bridgehead atoms. The van der Waals surface area contributed by atoms with E-state index in [0.717, 1.165) is 37.8 Å². The number of amides is 1. The number of likely N-dealkylation sites (tertiary alicyclic amines) is 1. The Labute approximate surface area is 197 Å². The van der Waals surface area contributed by atoms with Crippen molar-refractivity contribution in [2.75, 3.05) is 25.0 Å². The van der Waals surface area contributed by atoms with Crippen LogP contribution >= 0.6 is 11.6 Å². The molecule has 2 atom stereocenters. The van der Waals surface area contributed by atoms with Gasteiger partial charge in [0.05, 0.1) is 34.5 Å². The van der Waals surface area contributed by atoms with E-state index in [4.69, 9.17) is 26.3 Å². The summed E-state index contributed by atoms with van der Waals surface area (Å²) in [5.74, 6) is 1.56. The molecule has 3 fully saturated rings. The number of nitrogens with one attached hydrogen (secondary N) is 1. The zero-order valence-electron chi connectivity index (χ0n) is 18.7. The molecule has 0 spiro atoms. The lowest BCUT2D eigenvalue weighted by molar-refractivity contribution is 0.0439. The third kappa shape index (κ3) is 4.42. The summed E-state index contributed by atoms with van der Waals surface area (Å²) in [5.41, 5.74) is 1.79. The van der Waals surface area contributed by atoms with Crippen LogP contribution in [0.25, 0.3) is 0 Å². The Morgan fingerprint density at radius 1 is 1.36 bits per heavy atom. The van der Waals surface area contributed by atoms with Crippen molar-refractivity contribution >= 4 is 29.2 Å². The predicted molar refractivity (Wildman–Crippen MR) is 123 cm³/mol. The third-order valence-electron chi connectivity index (χ3n) is 7.11. The monoisotopic (exact) mass is 467 g/mol. The summed E-state index contributed by atoms with van der Waals surface area (Å²) < 4.78 is 11.8. The number of hydrogen-bond donors (Lipinski definition) is 1. The maximum Gasteiger partial charge on any atom is 0.410 e. The summed E-state index contributed by atoms with van der Waals surface area (Å²) in [5, 5.41) is 12.7. The van der Waals surface area contributed by atoms with Crippen molar-refractivity contribution in [3.8, 4) is 11.9 Å². The quantitative estimate of drug-likeness (QED) is 0.649. The van der Waals surface area contributed by atoms with E-state index >= 15 is 0 Å². The van der Waals surface area contributed by atoms with Gasteiger partial charge >= 0.3 is 6.09 Å². The van der Waals surface area contributed by atoms with Crippen LogP contribution in [0, 0.1) is 29.6 Å². The second-order valence-corrected chi connectivity index (χ2v) is 10.1. The Hall–Kier alpha value is -3.05. The SMILES string of the molecule is Cc1c(Nc2ccc(C#N)cc2Cl)ncnc1OCC12CCN(C(=O)OC3(C)CC3)CC1C2. The van der Waals surface area contributed by atoms with Gasteiger partial charge in [0.15, 0.2) is 0 Å². The summed E-state index contributed by atoms with van der Waals surface area (Å²) >= 11 is 6.28. The lowest BCUT2D eigenvalue weighted by Crippen LogP contribution is -2.42. The normalized spacial score (nSPS) is 24.3. The van der Waals surface area contributed by atoms with Crippen molar-refractivity contribution in [1.29, 1.82) is 5.26 Å². The molecule has 1 aromatic carbocycles. The van der Waals surface area contributed by atoms with Gasteiger partial charge < -0.3 is 19.7 Å². The summed E-state index contributed by atoms with van der Waals surface area (Å²) in [6.07, 6.45) is 5.14. The molecule has 1 aliphatic heterocycles. The van der Waals surface area contributed by atoms with E-state index in [9.17, 15) is 4.79 Å². The van der Waals surface area contributed by atoms with Gasteiger partial charge in [0.2, 0.25) is 5.88 Å². The molecule has 8 nitrogen and oxygen atoms in total. The van der Waals surface area contributed by atoms with Crippen LogP contribution in [0.2, 0.25) is 5.02 Å². The second-order valence-electron chi connectivity index (χ2n) is 9.65. The van der Waals surface area contributed by atoms with E-state index < -0.39 is 0 Å². The van der Waals surface area contributed by atoms with Crippen molar-refractivity contribution < 1.29 is 14.3 Å². The van der Waals surface area contributed by atoms with Crippen LogP contribution < -0.4 is 10.1 Å². The molecule has 0 radical (unpaired) electrons. The first-order valence-electron chi connectivity index (χ1n) is 11.2. The molecular formula is C24H26ClN5O3. The highest BCUT2D eigenvalue weighted by molar-refractivity contribution is 6.33. The molecule has 1 aromatic heterocycles. The first kappa shape index (κ1) is 21.8. The summed E-state index contributed by atoms with van der Waals surface area (Å²) in [6, 6.07) is 7.12. The zero-order valence-corrected chi connectivity index (χ0v) is 19.5. The molecular weight excluding hydrogens is 442 g/mol. The predicted octanol–water partition coefficient (Wildman–Crippen LogP) is 4.83. The number of carbonyl (C=O) groups excluding carboxylic acids is 1. The van der Waals surface area contributed by atoms with Gasteiger partial charge in [-0.3, -0.25) is 0 Å². The van der Waals surface area contributed by atoms with E-state index in [1.165, 1.54) is 6.33 Å². The summed E-state index contributed by atoms with van der Waals surface area (Å²) in [6.45, 7) is 5.88. The summed E-state index contributed by atoms with van der Waals surface area (Å²) in [4.78, 5) is 22.9. The minimum absolute atomic E-state index is 0.0989. The van der Waals surface area contributed by atoms with Crippen LogP contribution in [0.3, 0.4) is 0 Å². The van der Waals surface area contributed by atoms with E-state index in [1.54, 1.807) is 18.2 Å². The standard InChI is InChI=1S/C24H26ClN5O3/c1-15-20(29-19-4-3-16(11-26)9-18(19)25)27-14-28-21(15)32-13-24-7-8-30(12-17(24)10-24)22(31)33-23(2)5-6-23/h3-4,9,14,17H,5-8,10,12-13H2,1-2H3,(H,27,28,29). The number of anilines is 2. The van der Waals surface area contributed by atoms with Crippen LogP contribution in [-0.4, -0.2) is 46.3 Å². The Kier molecular flexibility index (Phi) is 5.32. The molecule has 33 heavy (non-hydrogen) atoms. The molecule has 1 saturated heterocycles. The zero-order chi connectivity index (χ0) is 23.2. The minimum atomic E-state index is -0.240. The maximum atomic E-state index is 12.4. The van der Waals surface area contributed by atoms with E-state index in [-0.39, 0.29) is 17.1 Å². The number of carbonyl (C=O) groups is 1. The Morgan fingerprint density at radius 3 is 2.88 bits per heavy atom. The number of ether oxygens (including phenoxy) is 2. The fraction of sp³-hybridized carbons (Fsp3) is 0.500. The average Bonchev–Trinajstić information content (AvgIpc) is 3.71. The third-order valence-corrected chi connectivity index (χ3v) is 7.42. The number of benzene rings is 1. The molecule has 9 heteroatoms. The van der Waals surface area contributed by atoms with E-state index in [0.29, 0.717) is 47.0 Å². The smallest absolute Gasteiger partial charge is 0.410 e. The van der Waals surface area contributed by atoms with Gasteiger partial charge in [-0.05, 0) is 63.6 Å². The van der Waals surface area contributed by atoms with Crippen LogP contribution in [-0.2, 0) is 4.74 Å². The van der Waals surface area contributed by atoms with Gasteiger partial charge in [-0.2, -0.15) is 5.26 Å². The van der Waals surface area contributed by atoms with E-state index in [2.05, 4.69) is 21.4 Å². The number of rotatable bonds is 6. The molecule has 5 rings (SSSR count). The highest BCUT2D eigenvalue weighted by atomic mass is 35.5. The number of fused-ring (bicyclic) bond motifs is 1. The Balaban J connectivity index is 1.19. The first-order valence-corrected chi connectivity index (χ1v) is 11.6.